The molecule has 0 aliphatic carbocycles. The SMILES string of the molecule is CC=CC(=O)OCCCCCCOc1ccc(C(=O)Oc2ccc3c(C)cc(=O)oc3c2)cc1. The van der Waals surface area contributed by atoms with Crippen LogP contribution in [-0.2, 0) is 9.53 Å². The molecule has 0 amide bonds. The molecule has 0 atom stereocenters. The Morgan fingerprint density at radius 2 is 1.62 bits per heavy atom. The molecule has 0 saturated heterocycles. The van der Waals surface area contributed by atoms with Gasteiger partial charge >= 0.3 is 17.6 Å². The zero-order valence-electron chi connectivity index (χ0n) is 19.4. The van der Waals surface area contributed by atoms with E-state index in [4.69, 9.17) is 18.6 Å². The summed E-state index contributed by atoms with van der Waals surface area (Å²) in [7, 11) is 0. The summed E-state index contributed by atoms with van der Waals surface area (Å²) in [6.07, 6.45) is 6.69. The average Bonchev–Trinajstić information content (AvgIpc) is 2.81. The summed E-state index contributed by atoms with van der Waals surface area (Å²) < 4.78 is 21.4. The molecule has 7 heteroatoms. The van der Waals surface area contributed by atoms with E-state index < -0.39 is 11.6 Å². The number of rotatable bonds is 11. The molecule has 0 unspecified atom stereocenters. The Labute approximate surface area is 197 Å². The quantitative estimate of drug-likeness (QED) is 0.124. The van der Waals surface area contributed by atoms with Crippen LogP contribution in [-0.4, -0.2) is 25.2 Å². The second-order valence-corrected chi connectivity index (χ2v) is 7.75. The summed E-state index contributed by atoms with van der Waals surface area (Å²) in [5.74, 6) is 0.137. The van der Waals surface area contributed by atoms with E-state index in [0.29, 0.717) is 35.9 Å². The fraction of sp³-hybridized carbons (Fsp3) is 0.296. The first-order valence-corrected chi connectivity index (χ1v) is 11.3. The number of carbonyl (C=O) groups is 2. The van der Waals surface area contributed by atoms with Gasteiger partial charge < -0.3 is 18.6 Å². The first-order chi connectivity index (χ1) is 16.5. The number of ether oxygens (including phenoxy) is 3. The summed E-state index contributed by atoms with van der Waals surface area (Å²) in [5, 5.41) is 0.786. The number of unbranched alkanes of at least 4 members (excludes halogenated alkanes) is 3. The van der Waals surface area contributed by atoms with Crippen LogP contribution in [0.15, 0.2) is 69.9 Å². The third kappa shape index (κ3) is 7.33. The number of fused-ring (bicyclic) bond motifs is 1. The number of esters is 2. The van der Waals surface area contributed by atoms with E-state index in [9.17, 15) is 14.4 Å². The molecule has 1 aromatic heterocycles. The van der Waals surface area contributed by atoms with Crippen molar-refractivity contribution in [1.29, 1.82) is 0 Å². The summed E-state index contributed by atoms with van der Waals surface area (Å²) >= 11 is 0. The van der Waals surface area contributed by atoms with Gasteiger partial charge in [-0.05, 0) is 81.5 Å². The highest BCUT2D eigenvalue weighted by molar-refractivity contribution is 5.92. The van der Waals surface area contributed by atoms with Crippen molar-refractivity contribution in [2.45, 2.75) is 39.5 Å². The zero-order chi connectivity index (χ0) is 24.3. The second kappa shape index (κ2) is 12.4. The maximum absolute atomic E-state index is 12.5. The Morgan fingerprint density at radius 3 is 2.35 bits per heavy atom. The van der Waals surface area contributed by atoms with Gasteiger partial charge in [-0.15, -0.1) is 0 Å². The molecule has 0 spiro atoms. The van der Waals surface area contributed by atoms with Crippen LogP contribution in [0.25, 0.3) is 11.0 Å². The number of hydrogen-bond acceptors (Lipinski definition) is 7. The highest BCUT2D eigenvalue weighted by atomic mass is 16.5. The summed E-state index contributed by atoms with van der Waals surface area (Å²) in [5.41, 5.74) is 1.10. The van der Waals surface area contributed by atoms with E-state index in [-0.39, 0.29) is 5.97 Å². The maximum Gasteiger partial charge on any atom is 0.343 e. The lowest BCUT2D eigenvalue weighted by Crippen LogP contribution is -2.08. The molecule has 2 aromatic carbocycles. The highest BCUT2D eigenvalue weighted by Gasteiger charge is 2.11. The second-order valence-electron chi connectivity index (χ2n) is 7.75. The molecule has 0 fully saturated rings. The van der Waals surface area contributed by atoms with Crippen molar-refractivity contribution in [3.05, 3.63) is 82.2 Å². The van der Waals surface area contributed by atoms with Crippen molar-refractivity contribution in [2.75, 3.05) is 13.2 Å². The fourth-order valence-electron chi connectivity index (χ4n) is 3.33. The first-order valence-electron chi connectivity index (χ1n) is 11.3. The molecular formula is C27H28O7. The van der Waals surface area contributed by atoms with Crippen LogP contribution >= 0.6 is 0 Å². The van der Waals surface area contributed by atoms with Crippen molar-refractivity contribution in [3.8, 4) is 11.5 Å². The van der Waals surface area contributed by atoms with E-state index in [1.54, 1.807) is 49.4 Å². The summed E-state index contributed by atoms with van der Waals surface area (Å²) in [4.78, 5) is 35.2. The van der Waals surface area contributed by atoms with Gasteiger partial charge in [0.15, 0.2) is 0 Å². The van der Waals surface area contributed by atoms with Crippen LogP contribution in [0.4, 0.5) is 0 Å². The van der Waals surface area contributed by atoms with Crippen LogP contribution in [0.1, 0.15) is 48.5 Å². The van der Waals surface area contributed by atoms with Crippen molar-refractivity contribution in [1.82, 2.24) is 0 Å². The number of benzene rings is 2. The maximum atomic E-state index is 12.5. The van der Waals surface area contributed by atoms with E-state index >= 15 is 0 Å². The van der Waals surface area contributed by atoms with Gasteiger partial charge in [0, 0.05) is 23.6 Å². The van der Waals surface area contributed by atoms with Crippen molar-refractivity contribution in [3.63, 3.8) is 0 Å². The van der Waals surface area contributed by atoms with Gasteiger partial charge in [0.25, 0.3) is 0 Å². The lowest BCUT2D eigenvalue weighted by molar-refractivity contribution is -0.137. The van der Waals surface area contributed by atoms with Gasteiger partial charge in [0.05, 0.1) is 18.8 Å². The first kappa shape index (κ1) is 24.8. The molecule has 0 saturated carbocycles. The molecular weight excluding hydrogens is 436 g/mol. The summed E-state index contributed by atoms with van der Waals surface area (Å²) in [6.45, 7) is 4.58. The summed E-state index contributed by atoms with van der Waals surface area (Å²) in [6, 6.07) is 13.1. The van der Waals surface area contributed by atoms with Crippen LogP contribution in [0.5, 0.6) is 11.5 Å². The number of aryl methyl sites for hydroxylation is 1. The fourth-order valence-corrected chi connectivity index (χ4v) is 3.33. The lowest BCUT2D eigenvalue weighted by atomic mass is 10.1. The Bertz CT molecular complexity index is 1210. The molecule has 34 heavy (non-hydrogen) atoms. The molecule has 0 aliphatic heterocycles. The Hall–Kier alpha value is -3.87. The van der Waals surface area contributed by atoms with Crippen molar-refractivity contribution in [2.24, 2.45) is 0 Å². The third-order valence-corrected chi connectivity index (χ3v) is 5.08. The smallest absolute Gasteiger partial charge is 0.343 e. The minimum absolute atomic E-state index is 0.295. The molecule has 7 nitrogen and oxygen atoms in total. The van der Waals surface area contributed by atoms with Crippen LogP contribution in [0.3, 0.4) is 0 Å². The largest absolute Gasteiger partial charge is 0.494 e. The van der Waals surface area contributed by atoms with Gasteiger partial charge in [-0.1, -0.05) is 6.08 Å². The van der Waals surface area contributed by atoms with Gasteiger partial charge in [-0.25, -0.2) is 14.4 Å². The predicted octanol–water partition coefficient (Wildman–Crippen LogP) is 5.38. The Kier molecular flexibility index (Phi) is 9.03. The minimum Gasteiger partial charge on any atom is -0.494 e. The minimum atomic E-state index is -0.518. The van der Waals surface area contributed by atoms with Gasteiger partial charge in [0.1, 0.15) is 17.1 Å². The van der Waals surface area contributed by atoms with E-state index in [1.165, 1.54) is 18.2 Å². The number of carbonyl (C=O) groups excluding carboxylic acids is 2. The zero-order valence-corrected chi connectivity index (χ0v) is 19.4. The van der Waals surface area contributed by atoms with E-state index in [0.717, 1.165) is 36.6 Å². The molecule has 0 N–H and O–H groups in total. The molecule has 3 rings (SSSR count). The highest BCUT2D eigenvalue weighted by Crippen LogP contribution is 2.23. The van der Waals surface area contributed by atoms with Crippen LogP contribution in [0, 0.1) is 6.92 Å². The standard InChI is InChI=1S/C27H28O7/c1-3-8-25(28)32-16-7-5-4-6-15-31-21-11-9-20(10-12-21)27(30)33-22-13-14-23-19(2)17-26(29)34-24(23)18-22/h3,8-14,17-18H,4-7,15-16H2,1-2H3. The Balaban J connectivity index is 1.41. The molecule has 0 bridgehead atoms. The van der Waals surface area contributed by atoms with E-state index in [1.807, 2.05) is 6.92 Å². The molecule has 0 radical (unpaired) electrons. The normalized spacial score (nSPS) is 11.0. The molecule has 0 aliphatic rings. The lowest BCUT2D eigenvalue weighted by Gasteiger charge is -2.08. The topological polar surface area (TPSA) is 92.0 Å². The molecule has 3 aromatic rings. The monoisotopic (exact) mass is 464 g/mol. The van der Waals surface area contributed by atoms with Crippen molar-refractivity contribution >= 4 is 22.9 Å². The predicted molar refractivity (Wildman–Crippen MR) is 128 cm³/mol. The van der Waals surface area contributed by atoms with Crippen molar-refractivity contribution < 1.29 is 28.2 Å². The van der Waals surface area contributed by atoms with Crippen LogP contribution < -0.4 is 15.1 Å². The Morgan fingerprint density at radius 1 is 0.912 bits per heavy atom. The van der Waals surface area contributed by atoms with E-state index in [2.05, 4.69) is 0 Å². The van der Waals surface area contributed by atoms with Gasteiger partial charge in [-0.2, -0.15) is 0 Å². The third-order valence-electron chi connectivity index (χ3n) is 5.08. The number of hydrogen-bond donors (Lipinski definition) is 0. The molecule has 178 valence electrons. The average molecular weight is 465 g/mol. The number of allylic oxidation sites excluding steroid dienone is 1. The van der Waals surface area contributed by atoms with Gasteiger partial charge in [0.2, 0.25) is 0 Å². The van der Waals surface area contributed by atoms with Crippen LogP contribution in [0.2, 0.25) is 0 Å². The molecule has 1 heterocycles. The van der Waals surface area contributed by atoms with Gasteiger partial charge in [-0.3, -0.25) is 0 Å².